The Labute approximate surface area is 131 Å². The number of H-pyrrole nitrogens is 1. The Hall–Kier alpha value is -1.98. The third-order valence-corrected chi connectivity index (χ3v) is 3.68. The van der Waals surface area contributed by atoms with Gasteiger partial charge in [0.15, 0.2) is 5.82 Å². The molecule has 6 heteroatoms. The molecule has 0 amide bonds. The Kier molecular flexibility index (Phi) is 3.86. The molecule has 2 aromatic carbocycles. The van der Waals surface area contributed by atoms with Crippen LogP contribution in [0.4, 0.5) is 4.39 Å². The smallest absolute Gasteiger partial charge is 0.216 e. The lowest BCUT2D eigenvalue weighted by atomic mass is 10.2. The number of hydrogen-bond donors (Lipinski definition) is 1. The van der Waals surface area contributed by atoms with E-state index in [1.54, 1.807) is 16.8 Å². The van der Waals surface area contributed by atoms with Crippen molar-refractivity contribution in [2.24, 2.45) is 0 Å². The maximum Gasteiger partial charge on any atom is 0.216 e. The summed E-state index contributed by atoms with van der Waals surface area (Å²) in [6.45, 7) is 0.425. The van der Waals surface area contributed by atoms with Gasteiger partial charge >= 0.3 is 0 Å². The summed E-state index contributed by atoms with van der Waals surface area (Å²) in [5, 5.41) is 3.70. The standard InChI is InChI=1S/C15H11ClFN3S/c16-13-7-2-1-6-12(13)14-18-15(21)20(19-14)9-10-4-3-5-11(17)8-10/h1-8H,9H2,(H,18,19,21). The van der Waals surface area contributed by atoms with E-state index in [1.165, 1.54) is 12.1 Å². The second-order valence-electron chi connectivity index (χ2n) is 4.55. The molecule has 0 fully saturated rings. The zero-order valence-electron chi connectivity index (χ0n) is 10.9. The molecule has 1 aromatic heterocycles. The first kappa shape index (κ1) is 14.0. The average Bonchev–Trinajstić information content (AvgIpc) is 2.80. The van der Waals surface area contributed by atoms with Crippen LogP contribution >= 0.6 is 23.8 Å². The fourth-order valence-electron chi connectivity index (χ4n) is 2.06. The first-order valence-corrected chi connectivity index (χ1v) is 7.08. The van der Waals surface area contributed by atoms with Gasteiger partial charge in [0, 0.05) is 5.56 Å². The predicted octanol–water partition coefficient (Wildman–Crippen LogP) is 4.45. The second kappa shape index (κ2) is 5.79. The third kappa shape index (κ3) is 3.04. The maximum absolute atomic E-state index is 13.2. The van der Waals surface area contributed by atoms with Gasteiger partial charge in [-0.25, -0.2) is 4.39 Å². The largest absolute Gasteiger partial charge is 0.279 e. The van der Waals surface area contributed by atoms with Crippen LogP contribution in [-0.2, 0) is 6.54 Å². The molecule has 0 atom stereocenters. The van der Waals surface area contributed by atoms with Crippen LogP contribution < -0.4 is 0 Å². The quantitative estimate of drug-likeness (QED) is 0.724. The highest BCUT2D eigenvalue weighted by Crippen LogP contribution is 2.24. The van der Waals surface area contributed by atoms with Crippen molar-refractivity contribution < 1.29 is 4.39 Å². The summed E-state index contributed by atoms with van der Waals surface area (Å²) in [4.78, 5) is 4.30. The predicted molar refractivity (Wildman–Crippen MR) is 83.4 cm³/mol. The molecule has 0 aliphatic carbocycles. The van der Waals surface area contributed by atoms with Gasteiger partial charge in [0.05, 0.1) is 11.6 Å². The molecule has 21 heavy (non-hydrogen) atoms. The van der Waals surface area contributed by atoms with E-state index >= 15 is 0 Å². The fourth-order valence-corrected chi connectivity index (χ4v) is 2.48. The highest BCUT2D eigenvalue weighted by molar-refractivity contribution is 7.71. The summed E-state index contributed by atoms with van der Waals surface area (Å²) in [6, 6.07) is 13.8. The van der Waals surface area contributed by atoms with Gasteiger partial charge in [-0.1, -0.05) is 35.9 Å². The van der Waals surface area contributed by atoms with Crippen molar-refractivity contribution in [3.63, 3.8) is 0 Å². The minimum Gasteiger partial charge on any atom is -0.279 e. The van der Waals surface area contributed by atoms with Gasteiger partial charge in [0.25, 0.3) is 0 Å². The summed E-state index contributed by atoms with van der Waals surface area (Å²) in [5.41, 5.74) is 1.59. The monoisotopic (exact) mass is 319 g/mol. The van der Waals surface area contributed by atoms with Crippen molar-refractivity contribution in [1.29, 1.82) is 0 Å². The lowest BCUT2D eigenvalue weighted by molar-refractivity contribution is 0.618. The first-order chi connectivity index (χ1) is 10.1. The molecule has 0 spiro atoms. The van der Waals surface area contributed by atoms with E-state index in [0.717, 1.165) is 11.1 Å². The number of nitrogens with zero attached hydrogens (tertiary/aromatic N) is 2. The minimum absolute atomic E-state index is 0.273. The molecule has 3 nitrogen and oxygen atoms in total. The number of rotatable bonds is 3. The zero-order valence-corrected chi connectivity index (χ0v) is 12.5. The van der Waals surface area contributed by atoms with Crippen molar-refractivity contribution in [1.82, 2.24) is 14.8 Å². The number of halogens is 2. The Morgan fingerprint density at radius 1 is 1.19 bits per heavy atom. The number of nitrogens with one attached hydrogen (secondary N) is 1. The van der Waals surface area contributed by atoms with E-state index in [9.17, 15) is 4.39 Å². The summed E-state index contributed by atoms with van der Waals surface area (Å²) >= 11 is 11.4. The van der Waals surface area contributed by atoms with Crippen LogP contribution in [0.5, 0.6) is 0 Å². The van der Waals surface area contributed by atoms with E-state index in [1.807, 2.05) is 24.3 Å². The van der Waals surface area contributed by atoms with Gasteiger partial charge in [-0.05, 0) is 42.0 Å². The highest BCUT2D eigenvalue weighted by atomic mass is 35.5. The number of aromatic amines is 1. The number of aromatic nitrogens is 3. The van der Waals surface area contributed by atoms with Crippen LogP contribution in [-0.4, -0.2) is 14.8 Å². The van der Waals surface area contributed by atoms with Crippen molar-refractivity contribution in [3.05, 3.63) is 69.7 Å². The van der Waals surface area contributed by atoms with Crippen LogP contribution in [0.2, 0.25) is 5.02 Å². The Balaban J connectivity index is 1.96. The van der Waals surface area contributed by atoms with Gasteiger partial charge in [0.2, 0.25) is 4.77 Å². The maximum atomic E-state index is 13.2. The molecule has 0 radical (unpaired) electrons. The molecule has 3 aromatic rings. The average molecular weight is 320 g/mol. The lowest BCUT2D eigenvalue weighted by Gasteiger charge is -2.03. The summed E-state index contributed by atoms with van der Waals surface area (Å²) < 4.78 is 15.3. The van der Waals surface area contributed by atoms with Crippen LogP contribution in [0.3, 0.4) is 0 Å². The molecule has 0 saturated heterocycles. The molecule has 1 N–H and O–H groups in total. The molecule has 106 valence electrons. The molecule has 1 heterocycles. The van der Waals surface area contributed by atoms with Crippen LogP contribution in [0, 0.1) is 10.6 Å². The molecular formula is C15H11ClFN3S. The Bertz CT molecular complexity index is 841. The highest BCUT2D eigenvalue weighted by Gasteiger charge is 2.08. The summed E-state index contributed by atoms with van der Waals surface area (Å²) in [7, 11) is 0. The van der Waals surface area contributed by atoms with Crippen molar-refractivity contribution >= 4 is 23.8 Å². The van der Waals surface area contributed by atoms with Crippen LogP contribution in [0.1, 0.15) is 5.56 Å². The Morgan fingerprint density at radius 2 is 2.00 bits per heavy atom. The topological polar surface area (TPSA) is 33.6 Å². The SMILES string of the molecule is Fc1cccc(Cn2[nH]c(-c3ccccc3Cl)nc2=S)c1. The van der Waals surface area contributed by atoms with Crippen molar-refractivity contribution in [2.45, 2.75) is 6.54 Å². The zero-order chi connectivity index (χ0) is 14.8. The first-order valence-electron chi connectivity index (χ1n) is 6.30. The molecule has 0 unspecified atom stereocenters. The van der Waals surface area contributed by atoms with Crippen molar-refractivity contribution in [2.75, 3.05) is 0 Å². The lowest BCUT2D eigenvalue weighted by Crippen LogP contribution is -2.02. The summed E-state index contributed by atoms with van der Waals surface area (Å²) in [5.74, 6) is 0.326. The molecule has 0 aliphatic rings. The third-order valence-electron chi connectivity index (χ3n) is 3.04. The van der Waals surface area contributed by atoms with Crippen molar-refractivity contribution in [3.8, 4) is 11.4 Å². The molecule has 0 aliphatic heterocycles. The fraction of sp³-hybridized carbons (Fsp3) is 0.0667. The van der Waals surface area contributed by atoms with E-state index in [0.29, 0.717) is 22.2 Å². The van der Waals surface area contributed by atoms with Gasteiger partial charge in [-0.2, -0.15) is 4.98 Å². The van der Waals surface area contributed by atoms with Gasteiger partial charge in [-0.3, -0.25) is 9.78 Å². The minimum atomic E-state index is -0.273. The number of benzene rings is 2. The van der Waals surface area contributed by atoms with E-state index < -0.39 is 0 Å². The van der Waals surface area contributed by atoms with Gasteiger partial charge in [0.1, 0.15) is 5.82 Å². The number of hydrogen-bond acceptors (Lipinski definition) is 2. The molecular weight excluding hydrogens is 309 g/mol. The normalized spacial score (nSPS) is 10.8. The summed E-state index contributed by atoms with van der Waals surface area (Å²) in [6.07, 6.45) is 0. The Morgan fingerprint density at radius 3 is 2.76 bits per heavy atom. The van der Waals surface area contributed by atoms with Gasteiger partial charge < -0.3 is 0 Å². The molecule has 0 saturated carbocycles. The molecule has 3 rings (SSSR count). The van der Waals surface area contributed by atoms with Crippen LogP contribution in [0.25, 0.3) is 11.4 Å². The molecule has 0 bridgehead atoms. The van der Waals surface area contributed by atoms with Gasteiger partial charge in [-0.15, -0.1) is 0 Å². The van der Waals surface area contributed by atoms with E-state index in [-0.39, 0.29) is 5.82 Å². The van der Waals surface area contributed by atoms with Crippen LogP contribution in [0.15, 0.2) is 48.5 Å². The second-order valence-corrected chi connectivity index (χ2v) is 5.32. The van der Waals surface area contributed by atoms with E-state index in [2.05, 4.69) is 10.1 Å². The van der Waals surface area contributed by atoms with E-state index in [4.69, 9.17) is 23.8 Å².